The van der Waals surface area contributed by atoms with Gasteiger partial charge in [0, 0.05) is 24.6 Å². The van der Waals surface area contributed by atoms with Crippen LogP contribution in [0.2, 0.25) is 0 Å². The average Bonchev–Trinajstić information content (AvgIpc) is 3.05. The molecule has 0 amide bonds. The van der Waals surface area contributed by atoms with E-state index in [9.17, 15) is 26.7 Å². The van der Waals surface area contributed by atoms with Crippen molar-refractivity contribution in [1.29, 1.82) is 0 Å². The zero-order valence-corrected chi connectivity index (χ0v) is 17.5. The van der Waals surface area contributed by atoms with E-state index in [1.54, 1.807) is 0 Å². The first kappa shape index (κ1) is 21.5. The van der Waals surface area contributed by atoms with E-state index < -0.39 is 35.6 Å². The highest BCUT2D eigenvalue weighted by molar-refractivity contribution is 7.80. The Labute approximate surface area is 188 Å². The second-order valence-corrected chi connectivity index (χ2v) is 8.30. The molecule has 33 heavy (non-hydrogen) atoms. The summed E-state index contributed by atoms with van der Waals surface area (Å²) in [5.74, 6) is -5.19. The molecule has 2 atom stereocenters. The van der Waals surface area contributed by atoms with Crippen LogP contribution in [0.15, 0.2) is 30.5 Å². The number of alkyl halides is 2. The van der Waals surface area contributed by atoms with Crippen molar-refractivity contribution in [2.75, 3.05) is 16.8 Å². The van der Waals surface area contributed by atoms with E-state index in [2.05, 4.69) is 20.7 Å². The topological polar surface area (TPSA) is 74.6 Å². The minimum atomic E-state index is -2.87. The Morgan fingerprint density at radius 3 is 2.70 bits per heavy atom. The highest BCUT2D eigenvalue weighted by Gasteiger charge is 2.57. The first-order valence-corrected chi connectivity index (χ1v) is 10.3. The highest BCUT2D eigenvalue weighted by Crippen LogP contribution is 2.41. The van der Waals surface area contributed by atoms with Crippen LogP contribution in [0.1, 0.15) is 24.4 Å². The van der Waals surface area contributed by atoms with Crippen LogP contribution < -0.4 is 15.5 Å². The zero-order chi connectivity index (χ0) is 23.5. The van der Waals surface area contributed by atoms with Crippen molar-refractivity contribution in [3.05, 3.63) is 53.6 Å². The van der Waals surface area contributed by atoms with Gasteiger partial charge in [0.1, 0.15) is 23.1 Å². The van der Waals surface area contributed by atoms with Crippen LogP contribution in [-0.4, -0.2) is 44.0 Å². The van der Waals surface area contributed by atoms with Gasteiger partial charge in [0.05, 0.1) is 18.6 Å². The van der Waals surface area contributed by atoms with Gasteiger partial charge in [0.25, 0.3) is 11.9 Å². The van der Waals surface area contributed by atoms with E-state index in [-0.39, 0.29) is 53.0 Å². The number of ketones is 1. The normalized spacial score (nSPS) is 21.5. The molecule has 1 unspecified atom stereocenters. The molecular formula is C20H15F5N6OS. The standard InChI is InChI=1S/C20H15F5N6OS/c21-9-1-2-12(22)11(5-9)13-6-10(32)8-30(13)15-3-4-31-18(27-15)16(17(23)29-31)28-19(33)26-14-7-20(14,24)25/h1-5,13-14H,6-8H2,(H2,26,28,33)/t13-,14?/m1/s1. The van der Waals surface area contributed by atoms with Crippen LogP contribution in [0.4, 0.5) is 33.5 Å². The maximum absolute atomic E-state index is 14.5. The summed E-state index contributed by atoms with van der Waals surface area (Å²) in [6.07, 6.45) is 0.935. The van der Waals surface area contributed by atoms with Gasteiger partial charge in [-0.1, -0.05) is 0 Å². The van der Waals surface area contributed by atoms with Gasteiger partial charge in [-0.25, -0.2) is 27.1 Å². The molecule has 172 valence electrons. The number of nitrogens with zero attached hydrogens (tertiary/aromatic N) is 4. The van der Waals surface area contributed by atoms with Gasteiger partial charge >= 0.3 is 0 Å². The minimum absolute atomic E-state index is 0.00343. The van der Waals surface area contributed by atoms with Gasteiger partial charge in [-0.2, -0.15) is 4.39 Å². The number of Topliss-reactive ketones (excluding diaryl/α,β-unsaturated/α-hetero) is 1. The van der Waals surface area contributed by atoms with Crippen molar-refractivity contribution < 1.29 is 26.7 Å². The Bertz CT molecular complexity index is 1300. The molecule has 1 saturated heterocycles. The number of benzene rings is 1. The van der Waals surface area contributed by atoms with E-state index in [1.165, 1.54) is 17.2 Å². The van der Waals surface area contributed by atoms with E-state index >= 15 is 0 Å². The fourth-order valence-corrected chi connectivity index (χ4v) is 4.06. The summed E-state index contributed by atoms with van der Waals surface area (Å²) in [6.45, 7) is -0.111. The van der Waals surface area contributed by atoms with E-state index in [4.69, 9.17) is 12.2 Å². The third-order valence-electron chi connectivity index (χ3n) is 5.55. The molecule has 7 nitrogen and oxygen atoms in total. The largest absolute Gasteiger partial charge is 0.353 e. The Morgan fingerprint density at radius 2 is 1.97 bits per heavy atom. The molecular weight excluding hydrogens is 467 g/mol. The highest BCUT2D eigenvalue weighted by atomic mass is 32.1. The third kappa shape index (κ3) is 3.96. The van der Waals surface area contributed by atoms with E-state index in [1.807, 2.05) is 0 Å². The number of halogens is 5. The lowest BCUT2D eigenvalue weighted by Crippen LogP contribution is -2.33. The van der Waals surface area contributed by atoms with Crippen molar-refractivity contribution >= 4 is 40.3 Å². The molecule has 0 spiro atoms. The second kappa shape index (κ2) is 7.61. The number of rotatable bonds is 4. The number of thiocarbonyl (C=S) groups is 1. The molecule has 1 aromatic carbocycles. The Morgan fingerprint density at radius 1 is 1.21 bits per heavy atom. The number of carbonyl (C=O) groups excluding carboxylic acids is 1. The maximum Gasteiger partial charge on any atom is 0.270 e. The quantitative estimate of drug-likeness (QED) is 0.437. The van der Waals surface area contributed by atoms with Gasteiger partial charge in [0.15, 0.2) is 16.5 Å². The summed E-state index contributed by atoms with van der Waals surface area (Å²) >= 11 is 4.99. The molecule has 1 aliphatic heterocycles. The lowest BCUT2D eigenvalue weighted by molar-refractivity contribution is -0.116. The predicted octanol–water partition coefficient (Wildman–Crippen LogP) is 3.36. The molecule has 0 bridgehead atoms. The van der Waals surface area contributed by atoms with Gasteiger partial charge in [-0.3, -0.25) is 4.79 Å². The van der Waals surface area contributed by atoms with Crippen LogP contribution >= 0.6 is 12.2 Å². The number of carbonyl (C=O) groups is 1. The summed E-state index contributed by atoms with van der Waals surface area (Å²) in [4.78, 5) is 18.0. The first-order valence-electron chi connectivity index (χ1n) is 9.86. The van der Waals surface area contributed by atoms with Gasteiger partial charge < -0.3 is 15.5 Å². The Hall–Kier alpha value is -3.35. The molecule has 2 fully saturated rings. The summed E-state index contributed by atoms with van der Waals surface area (Å²) in [5.41, 5.74) is -0.289. The van der Waals surface area contributed by atoms with Crippen LogP contribution in [0.3, 0.4) is 0 Å². The number of hydrogen-bond donors (Lipinski definition) is 2. The fraction of sp³-hybridized carbons (Fsp3) is 0.300. The summed E-state index contributed by atoms with van der Waals surface area (Å²) < 4.78 is 69.9. The number of aromatic nitrogens is 3. The zero-order valence-electron chi connectivity index (χ0n) is 16.7. The SMILES string of the molecule is O=C1C[C@H](c2cc(F)ccc2F)N(c2ccn3nc(F)c(NC(=S)NC4CC4(F)F)c3n2)C1. The lowest BCUT2D eigenvalue weighted by Gasteiger charge is -2.25. The first-order chi connectivity index (χ1) is 15.6. The summed E-state index contributed by atoms with van der Waals surface area (Å²) in [6, 6.07) is 2.48. The summed E-state index contributed by atoms with van der Waals surface area (Å²) in [7, 11) is 0. The molecule has 1 saturated carbocycles. The van der Waals surface area contributed by atoms with Crippen molar-refractivity contribution in [3.8, 4) is 0 Å². The molecule has 13 heteroatoms. The van der Waals surface area contributed by atoms with Crippen LogP contribution in [-0.2, 0) is 4.79 Å². The third-order valence-corrected chi connectivity index (χ3v) is 5.77. The number of hydrogen-bond acceptors (Lipinski definition) is 5. The molecule has 2 N–H and O–H groups in total. The van der Waals surface area contributed by atoms with Crippen LogP contribution in [0.5, 0.6) is 0 Å². The maximum atomic E-state index is 14.5. The Balaban J connectivity index is 1.47. The van der Waals surface area contributed by atoms with E-state index in [0.29, 0.717) is 0 Å². The number of fused-ring (bicyclic) bond motifs is 1. The van der Waals surface area contributed by atoms with Crippen molar-refractivity contribution in [2.45, 2.75) is 30.8 Å². The average molecular weight is 482 g/mol. The lowest BCUT2D eigenvalue weighted by atomic mass is 10.0. The van der Waals surface area contributed by atoms with Crippen molar-refractivity contribution in [1.82, 2.24) is 19.9 Å². The minimum Gasteiger partial charge on any atom is -0.353 e. The predicted molar refractivity (Wildman–Crippen MR) is 112 cm³/mol. The van der Waals surface area contributed by atoms with Gasteiger partial charge in [0.2, 0.25) is 0 Å². The summed E-state index contributed by atoms with van der Waals surface area (Å²) in [5, 5.41) is 8.34. The van der Waals surface area contributed by atoms with E-state index in [0.717, 1.165) is 22.7 Å². The van der Waals surface area contributed by atoms with Gasteiger partial charge in [-0.05, 0) is 36.5 Å². The van der Waals surface area contributed by atoms with Crippen molar-refractivity contribution in [2.24, 2.45) is 0 Å². The number of anilines is 2. The molecule has 0 radical (unpaired) electrons. The van der Waals surface area contributed by atoms with Crippen molar-refractivity contribution in [3.63, 3.8) is 0 Å². The fourth-order valence-electron chi connectivity index (χ4n) is 3.82. The molecule has 2 aliphatic rings. The second-order valence-electron chi connectivity index (χ2n) is 7.89. The monoisotopic (exact) mass is 482 g/mol. The van der Waals surface area contributed by atoms with Gasteiger partial charge in [-0.15, -0.1) is 5.10 Å². The van der Waals surface area contributed by atoms with Crippen LogP contribution in [0.25, 0.3) is 5.65 Å². The number of nitrogens with one attached hydrogen (secondary N) is 2. The molecule has 2 aromatic heterocycles. The molecule has 5 rings (SSSR count). The molecule has 3 heterocycles. The molecule has 3 aromatic rings. The van der Waals surface area contributed by atoms with Crippen LogP contribution in [0, 0.1) is 17.6 Å². The smallest absolute Gasteiger partial charge is 0.270 e. The Kier molecular flexibility index (Phi) is 4.96. The molecule has 1 aliphatic carbocycles.